The van der Waals surface area contributed by atoms with E-state index in [1.807, 2.05) is 44.2 Å². The van der Waals surface area contributed by atoms with Crippen molar-refractivity contribution in [1.29, 1.82) is 0 Å². The molecular formula is C24H31NO5. The van der Waals surface area contributed by atoms with E-state index in [1.54, 1.807) is 7.11 Å². The van der Waals surface area contributed by atoms with E-state index in [9.17, 15) is 4.79 Å². The van der Waals surface area contributed by atoms with Crippen molar-refractivity contribution in [2.75, 3.05) is 13.7 Å². The third-order valence-electron chi connectivity index (χ3n) is 5.41. The molecule has 6 nitrogen and oxygen atoms in total. The monoisotopic (exact) mass is 413 g/mol. The highest BCUT2D eigenvalue weighted by molar-refractivity contribution is 5.81. The highest BCUT2D eigenvalue weighted by Crippen LogP contribution is 2.30. The van der Waals surface area contributed by atoms with Crippen LogP contribution in [0.5, 0.6) is 5.75 Å². The molecule has 0 spiro atoms. The van der Waals surface area contributed by atoms with Crippen molar-refractivity contribution in [2.45, 2.75) is 58.7 Å². The maximum absolute atomic E-state index is 11.4. The molecule has 1 aromatic heterocycles. The summed E-state index contributed by atoms with van der Waals surface area (Å²) in [6.45, 7) is 4.57. The molecule has 1 saturated carbocycles. The molecular weight excluding hydrogens is 382 g/mol. The minimum Gasteiger partial charge on any atom is -0.497 e. The van der Waals surface area contributed by atoms with E-state index in [0.717, 1.165) is 54.9 Å². The number of carbonyl (C=O) groups excluding carboxylic acids is 1. The van der Waals surface area contributed by atoms with Gasteiger partial charge in [0, 0.05) is 11.6 Å². The SMILES string of the molecule is CCOC(=O)/C=C/C[C@H]1CCC[C@@H](OCc2nc(-c3cccc(OC)c3)oc2C)C1. The van der Waals surface area contributed by atoms with Gasteiger partial charge in [-0.1, -0.05) is 18.6 Å². The van der Waals surface area contributed by atoms with E-state index in [1.165, 1.54) is 6.08 Å². The summed E-state index contributed by atoms with van der Waals surface area (Å²) in [6, 6.07) is 7.67. The zero-order valence-corrected chi connectivity index (χ0v) is 18.1. The number of hydrogen-bond acceptors (Lipinski definition) is 6. The summed E-state index contributed by atoms with van der Waals surface area (Å²) < 4.78 is 22.2. The van der Waals surface area contributed by atoms with Gasteiger partial charge >= 0.3 is 5.97 Å². The Balaban J connectivity index is 1.52. The molecule has 0 saturated heterocycles. The quantitative estimate of drug-likeness (QED) is 0.413. The van der Waals surface area contributed by atoms with E-state index in [0.29, 0.717) is 25.0 Å². The third-order valence-corrected chi connectivity index (χ3v) is 5.41. The molecule has 1 aliphatic carbocycles. The van der Waals surface area contributed by atoms with E-state index in [-0.39, 0.29) is 12.1 Å². The fourth-order valence-corrected chi connectivity index (χ4v) is 3.79. The maximum atomic E-state index is 11.4. The summed E-state index contributed by atoms with van der Waals surface area (Å²) in [5.41, 5.74) is 1.71. The molecule has 2 aromatic rings. The Morgan fingerprint density at radius 3 is 3.00 bits per heavy atom. The van der Waals surface area contributed by atoms with Crippen molar-refractivity contribution in [3.63, 3.8) is 0 Å². The average molecular weight is 414 g/mol. The lowest BCUT2D eigenvalue weighted by Crippen LogP contribution is -2.22. The summed E-state index contributed by atoms with van der Waals surface area (Å²) in [7, 11) is 1.64. The van der Waals surface area contributed by atoms with Gasteiger partial charge in [-0.15, -0.1) is 0 Å². The number of oxazole rings is 1. The van der Waals surface area contributed by atoms with Crippen molar-refractivity contribution in [1.82, 2.24) is 4.98 Å². The molecule has 1 aromatic carbocycles. The molecule has 1 fully saturated rings. The van der Waals surface area contributed by atoms with Gasteiger partial charge < -0.3 is 18.6 Å². The number of aryl methyl sites for hydroxylation is 1. The molecule has 0 amide bonds. The molecule has 1 heterocycles. The second-order valence-corrected chi connectivity index (χ2v) is 7.61. The number of hydrogen-bond donors (Lipinski definition) is 0. The first-order chi connectivity index (χ1) is 14.6. The van der Waals surface area contributed by atoms with Crippen molar-refractivity contribution in [2.24, 2.45) is 5.92 Å². The molecule has 162 valence electrons. The fraction of sp³-hybridized carbons (Fsp3) is 0.500. The highest BCUT2D eigenvalue weighted by Gasteiger charge is 2.23. The fourth-order valence-electron chi connectivity index (χ4n) is 3.79. The van der Waals surface area contributed by atoms with Crippen LogP contribution in [-0.4, -0.2) is 30.8 Å². The Morgan fingerprint density at radius 2 is 2.20 bits per heavy atom. The van der Waals surface area contributed by atoms with Crippen LogP contribution in [0, 0.1) is 12.8 Å². The van der Waals surface area contributed by atoms with Crippen LogP contribution in [0.15, 0.2) is 40.8 Å². The van der Waals surface area contributed by atoms with Gasteiger partial charge in [0.15, 0.2) is 0 Å². The Morgan fingerprint density at radius 1 is 1.33 bits per heavy atom. The van der Waals surface area contributed by atoms with Crippen LogP contribution in [-0.2, 0) is 20.9 Å². The van der Waals surface area contributed by atoms with Crippen molar-refractivity contribution >= 4 is 5.97 Å². The number of benzene rings is 1. The van der Waals surface area contributed by atoms with Crippen LogP contribution >= 0.6 is 0 Å². The van der Waals surface area contributed by atoms with Gasteiger partial charge in [-0.2, -0.15) is 0 Å². The predicted molar refractivity (Wildman–Crippen MR) is 114 cm³/mol. The summed E-state index contributed by atoms with van der Waals surface area (Å²) in [5.74, 6) is 2.38. The molecule has 0 bridgehead atoms. The minimum atomic E-state index is -0.269. The molecule has 0 radical (unpaired) electrons. The Bertz CT molecular complexity index is 857. The maximum Gasteiger partial charge on any atom is 0.330 e. The lowest BCUT2D eigenvalue weighted by molar-refractivity contribution is -0.137. The van der Waals surface area contributed by atoms with Crippen LogP contribution in [0.3, 0.4) is 0 Å². The molecule has 1 aliphatic rings. The zero-order valence-electron chi connectivity index (χ0n) is 18.1. The second-order valence-electron chi connectivity index (χ2n) is 7.61. The number of aromatic nitrogens is 1. The van der Waals surface area contributed by atoms with Gasteiger partial charge in [-0.05, 0) is 63.6 Å². The van der Waals surface area contributed by atoms with E-state index >= 15 is 0 Å². The van der Waals surface area contributed by atoms with E-state index in [2.05, 4.69) is 4.98 Å². The van der Waals surface area contributed by atoms with Gasteiger partial charge in [0.25, 0.3) is 0 Å². The van der Waals surface area contributed by atoms with E-state index in [4.69, 9.17) is 18.6 Å². The van der Waals surface area contributed by atoms with Gasteiger partial charge in [0.05, 0.1) is 26.4 Å². The number of rotatable bonds is 9. The van der Waals surface area contributed by atoms with Gasteiger partial charge in [-0.3, -0.25) is 0 Å². The summed E-state index contributed by atoms with van der Waals surface area (Å²) >= 11 is 0. The van der Waals surface area contributed by atoms with Gasteiger partial charge in [0.1, 0.15) is 17.2 Å². The number of methoxy groups -OCH3 is 1. The lowest BCUT2D eigenvalue weighted by atomic mass is 9.85. The lowest BCUT2D eigenvalue weighted by Gasteiger charge is -2.28. The molecule has 0 N–H and O–H groups in total. The number of esters is 1. The third kappa shape index (κ3) is 6.20. The number of carbonyl (C=O) groups is 1. The number of allylic oxidation sites excluding steroid dienone is 1. The summed E-state index contributed by atoms with van der Waals surface area (Å²) in [5, 5.41) is 0. The Hall–Kier alpha value is -2.60. The van der Waals surface area contributed by atoms with Crippen molar-refractivity contribution in [3.8, 4) is 17.2 Å². The van der Waals surface area contributed by atoms with Crippen LogP contribution in [0.2, 0.25) is 0 Å². The van der Waals surface area contributed by atoms with Crippen molar-refractivity contribution < 1.29 is 23.4 Å². The molecule has 6 heteroatoms. The van der Waals surface area contributed by atoms with Crippen molar-refractivity contribution in [3.05, 3.63) is 47.9 Å². The van der Waals surface area contributed by atoms with E-state index < -0.39 is 0 Å². The zero-order chi connectivity index (χ0) is 21.3. The normalized spacial score (nSPS) is 19.2. The first kappa shape index (κ1) is 22.1. The molecule has 0 aliphatic heterocycles. The largest absolute Gasteiger partial charge is 0.497 e. The first-order valence-electron chi connectivity index (χ1n) is 10.6. The minimum absolute atomic E-state index is 0.205. The smallest absolute Gasteiger partial charge is 0.330 e. The number of ether oxygens (including phenoxy) is 3. The first-order valence-corrected chi connectivity index (χ1v) is 10.6. The molecule has 30 heavy (non-hydrogen) atoms. The van der Waals surface area contributed by atoms with Crippen LogP contribution < -0.4 is 4.74 Å². The van der Waals surface area contributed by atoms with Crippen LogP contribution in [0.1, 0.15) is 50.5 Å². The topological polar surface area (TPSA) is 70.8 Å². The number of nitrogens with zero attached hydrogens (tertiary/aromatic N) is 1. The van der Waals surface area contributed by atoms with Gasteiger partial charge in [-0.25, -0.2) is 9.78 Å². The molecule has 3 rings (SSSR count). The summed E-state index contributed by atoms with van der Waals surface area (Å²) in [6.07, 6.45) is 8.88. The van der Waals surface area contributed by atoms with Crippen LogP contribution in [0.4, 0.5) is 0 Å². The van der Waals surface area contributed by atoms with Crippen LogP contribution in [0.25, 0.3) is 11.5 Å². The Kier molecular flexibility index (Phi) is 8.08. The molecule has 0 unspecified atom stereocenters. The molecule has 2 atom stereocenters. The predicted octanol–water partition coefficient (Wildman–Crippen LogP) is 5.24. The second kappa shape index (κ2) is 11.0. The average Bonchev–Trinajstić information content (AvgIpc) is 3.13. The Labute approximate surface area is 178 Å². The standard InChI is InChI=1S/C24H31NO5/c1-4-28-23(26)13-6-9-18-8-5-12-21(14-18)29-16-22-17(2)30-24(25-22)19-10-7-11-20(15-19)27-3/h6-7,10-11,13,15,18,21H,4-5,8-9,12,14,16H2,1-3H3/b13-6+/t18-,21-/m1/s1. The summed E-state index contributed by atoms with van der Waals surface area (Å²) in [4.78, 5) is 16.1. The van der Waals surface area contributed by atoms with Gasteiger partial charge in [0.2, 0.25) is 5.89 Å². The highest BCUT2D eigenvalue weighted by atomic mass is 16.5.